The Kier molecular flexibility index (Phi) is 4.69. The fourth-order valence-electron chi connectivity index (χ4n) is 2.30. The fraction of sp³-hybridized carbons (Fsp3) is 0.368. The van der Waals surface area contributed by atoms with Crippen LogP contribution in [0.15, 0.2) is 48.5 Å². The second-order valence-electron chi connectivity index (χ2n) is 6.49. The van der Waals surface area contributed by atoms with Gasteiger partial charge in [0.2, 0.25) is 0 Å². The summed E-state index contributed by atoms with van der Waals surface area (Å²) in [6, 6.07) is 15.8. The highest BCUT2D eigenvalue weighted by Gasteiger charge is 2.20. The third-order valence-electron chi connectivity index (χ3n) is 3.52. The first kappa shape index (κ1) is 15.6. The predicted molar refractivity (Wildman–Crippen MR) is 86.8 cm³/mol. The molecule has 0 saturated heterocycles. The summed E-state index contributed by atoms with van der Waals surface area (Å²) in [6.07, 6.45) is -0.611. The average Bonchev–Trinajstić information content (AvgIpc) is 2.45. The minimum absolute atomic E-state index is 0.0129. The van der Waals surface area contributed by atoms with Crippen LogP contribution in [0.4, 0.5) is 0 Å². The normalized spacial score (nSPS) is 13.0. The number of hydrogen-bond donors (Lipinski definition) is 1. The zero-order valence-corrected chi connectivity index (χ0v) is 13.3. The van der Waals surface area contributed by atoms with Crippen LogP contribution in [0.1, 0.15) is 43.6 Å². The van der Waals surface area contributed by atoms with Crippen molar-refractivity contribution >= 4 is 0 Å². The molecule has 2 aromatic carbocycles. The average molecular weight is 284 g/mol. The highest BCUT2D eigenvalue weighted by Crippen LogP contribution is 2.32. The monoisotopic (exact) mass is 284 g/mol. The Labute approximate surface area is 127 Å². The second kappa shape index (κ2) is 6.31. The number of rotatable bonds is 4. The van der Waals surface area contributed by atoms with Crippen LogP contribution < -0.4 is 4.74 Å². The maximum Gasteiger partial charge on any atom is 0.123 e. The minimum Gasteiger partial charge on any atom is -0.490 e. The first-order valence-electron chi connectivity index (χ1n) is 7.35. The van der Waals surface area contributed by atoms with Crippen molar-refractivity contribution in [2.24, 2.45) is 0 Å². The lowest BCUT2D eigenvalue weighted by atomic mass is 9.85. The van der Waals surface area contributed by atoms with E-state index in [0.717, 1.165) is 11.3 Å². The van der Waals surface area contributed by atoms with Gasteiger partial charge in [0.1, 0.15) is 18.5 Å². The lowest BCUT2D eigenvalue weighted by molar-refractivity contribution is 0.107. The molecule has 2 nitrogen and oxygen atoms in total. The highest BCUT2D eigenvalue weighted by atomic mass is 16.5. The van der Waals surface area contributed by atoms with E-state index in [1.807, 2.05) is 42.5 Å². The van der Waals surface area contributed by atoms with Crippen LogP contribution in [0.25, 0.3) is 0 Å². The molecule has 0 aliphatic rings. The van der Waals surface area contributed by atoms with Crippen LogP contribution in [-0.2, 0) is 5.41 Å². The van der Waals surface area contributed by atoms with Gasteiger partial charge in [-0.1, -0.05) is 68.8 Å². The number of aryl methyl sites for hydroxylation is 1. The van der Waals surface area contributed by atoms with Gasteiger partial charge in [0.15, 0.2) is 0 Å². The van der Waals surface area contributed by atoms with Gasteiger partial charge in [0.25, 0.3) is 0 Å². The zero-order chi connectivity index (χ0) is 15.5. The largest absolute Gasteiger partial charge is 0.490 e. The summed E-state index contributed by atoms with van der Waals surface area (Å²) < 4.78 is 5.88. The van der Waals surface area contributed by atoms with Crippen LogP contribution in [0.2, 0.25) is 0 Å². The van der Waals surface area contributed by atoms with E-state index in [-0.39, 0.29) is 12.0 Å². The van der Waals surface area contributed by atoms with E-state index < -0.39 is 6.10 Å². The van der Waals surface area contributed by atoms with Crippen LogP contribution in [0.3, 0.4) is 0 Å². The Morgan fingerprint density at radius 1 is 1.05 bits per heavy atom. The Hall–Kier alpha value is -1.80. The maximum atomic E-state index is 10.2. The molecule has 0 amide bonds. The second-order valence-corrected chi connectivity index (χ2v) is 6.49. The summed E-state index contributed by atoms with van der Waals surface area (Å²) in [4.78, 5) is 0. The van der Waals surface area contributed by atoms with Crippen molar-refractivity contribution in [3.63, 3.8) is 0 Å². The van der Waals surface area contributed by atoms with Crippen molar-refractivity contribution in [1.29, 1.82) is 0 Å². The third-order valence-corrected chi connectivity index (χ3v) is 3.52. The van der Waals surface area contributed by atoms with E-state index in [4.69, 9.17) is 4.74 Å². The fourth-order valence-corrected chi connectivity index (χ4v) is 2.30. The van der Waals surface area contributed by atoms with Gasteiger partial charge >= 0.3 is 0 Å². The molecule has 2 heteroatoms. The lowest BCUT2D eigenvalue weighted by Crippen LogP contribution is -2.16. The molecule has 0 saturated carbocycles. The number of aliphatic hydroxyl groups is 1. The molecule has 0 heterocycles. The van der Waals surface area contributed by atoms with Crippen molar-refractivity contribution in [3.8, 4) is 5.75 Å². The van der Waals surface area contributed by atoms with E-state index in [0.29, 0.717) is 0 Å². The minimum atomic E-state index is -0.611. The summed E-state index contributed by atoms with van der Waals surface area (Å²) in [5.41, 5.74) is 3.28. The molecule has 112 valence electrons. The predicted octanol–water partition coefficient (Wildman–Crippen LogP) is 4.40. The standard InChI is InChI=1S/C19H24O2/c1-14-10-11-18(16(12-14)19(2,3)4)21-13-17(20)15-8-6-5-7-9-15/h5-12,17,20H,13H2,1-4H3. The smallest absolute Gasteiger partial charge is 0.123 e. The van der Waals surface area contributed by atoms with E-state index in [1.54, 1.807) is 0 Å². The van der Waals surface area contributed by atoms with E-state index in [9.17, 15) is 5.11 Å². The number of aliphatic hydroxyl groups excluding tert-OH is 1. The summed E-state index contributed by atoms with van der Waals surface area (Å²) in [7, 11) is 0. The van der Waals surface area contributed by atoms with Gasteiger partial charge in [-0.3, -0.25) is 0 Å². The van der Waals surface area contributed by atoms with Gasteiger partial charge in [-0.15, -0.1) is 0 Å². The summed E-state index contributed by atoms with van der Waals surface area (Å²) >= 11 is 0. The van der Waals surface area contributed by atoms with Crippen LogP contribution >= 0.6 is 0 Å². The van der Waals surface area contributed by atoms with Gasteiger partial charge < -0.3 is 9.84 Å². The molecule has 0 bridgehead atoms. The Morgan fingerprint density at radius 2 is 1.71 bits per heavy atom. The van der Waals surface area contributed by atoms with Gasteiger partial charge in [-0.05, 0) is 29.5 Å². The van der Waals surface area contributed by atoms with Crippen molar-refractivity contribution < 1.29 is 9.84 Å². The van der Waals surface area contributed by atoms with E-state index in [2.05, 4.69) is 33.8 Å². The van der Waals surface area contributed by atoms with E-state index in [1.165, 1.54) is 11.1 Å². The van der Waals surface area contributed by atoms with Crippen LogP contribution in [-0.4, -0.2) is 11.7 Å². The molecule has 1 unspecified atom stereocenters. The number of hydrogen-bond acceptors (Lipinski definition) is 2. The molecule has 2 rings (SSSR count). The molecular weight excluding hydrogens is 260 g/mol. The molecule has 21 heavy (non-hydrogen) atoms. The molecule has 0 fully saturated rings. The number of ether oxygens (including phenoxy) is 1. The van der Waals surface area contributed by atoms with E-state index >= 15 is 0 Å². The topological polar surface area (TPSA) is 29.5 Å². The molecule has 0 spiro atoms. The van der Waals surface area contributed by atoms with Crippen molar-refractivity contribution in [3.05, 3.63) is 65.2 Å². The number of benzene rings is 2. The van der Waals surface area contributed by atoms with Gasteiger partial charge in [0.05, 0.1) is 0 Å². The molecule has 0 radical (unpaired) electrons. The van der Waals surface area contributed by atoms with Crippen molar-refractivity contribution in [2.75, 3.05) is 6.61 Å². The van der Waals surface area contributed by atoms with Crippen molar-refractivity contribution in [1.82, 2.24) is 0 Å². The van der Waals surface area contributed by atoms with Gasteiger partial charge in [-0.25, -0.2) is 0 Å². The maximum absolute atomic E-state index is 10.2. The summed E-state index contributed by atoms with van der Waals surface area (Å²) in [5.74, 6) is 0.850. The van der Waals surface area contributed by atoms with Crippen LogP contribution in [0, 0.1) is 6.92 Å². The SMILES string of the molecule is Cc1ccc(OCC(O)c2ccccc2)c(C(C)(C)C)c1. The van der Waals surface area contributed by atoms with Crippen LogP contribution in [0.5, 0.6) is 5.75 Å². The summed E-state index contributed by atoms with van der Waals surface area (Å²) in [5, 5.41) is 10.2. The quantitative estimate of drug-likeness (QED) is 0.901. The first-order valence-corrected chi connectivity index (χ1v) is 7.35. The highest BCUT2D eigenvalue weighted by molar-refractivity contribution is 5.41. The Bertz CT molecular complexity index is 582. The molecule has 1 atom stereocenters. The molecular formula is C19H24O2. The third kappa shape index (κ3) is 4.08. The molecule has 1 N–H and O–H groups in total. The first-order chi connectivity index (χ1) is 9.88. The molecule has 0 aliphatic heterocycles. The summed E-state index contributed by atoms with van der Waals surface area (Å²) in [6.45, 7) is 8.85. The van der Waals surface area contributed by atoms with Gasteiger partial charge in [0, 0.05) is 0 Å². The molecule has 2 aromatic rings. The lowest BCUT2D eigenvalue weighted by Gasteiger charge is -2.24. The molecule has 0 aromatic heterocycles. The van der Waals surface area contributed by atoms with Gasteiger partial charge in [-0.2, -0.15) is 0 Å². The Morgan fingerprint density at radius 3 is 2.33 bits per heavy atom. The zero-order valence-electron chi connectivity index (χ0n) is 13.3. The van der Waals surface area contributed by atoms with Crippen molar-refractivity contribution in [2.45, 2.75) is 39.2 Å². The Balaban J connectivity index is 2.14. The molecule has 0 aliphatic carbocycles.